The minimum absolute atomic E-state index is 0.0433. The van der Waals surface area contributed by atoms with Crippen LogP contribution in [0.15, 0.2) is 30.3 Å². The van der Waals surface area contributed by atoms with E-state index in [1.54, 1.807) is 0 Å². The fourth-order valence-electron chi connectivity index (χ4n) is 2.01. The van der Waals surface area contributed by atoms with Gasteiger partial charge < -0.3 is 4.57 Å². The van der Waals surface area contributed by atoms with E-state index < -0.39 is 7.14 Å². The molecule has 1 aromatic rings. The first-order chi connectivity index (χ1) is 6.94. The SMILES string of the molecule is C[C@@]1(Br)C[P@@](=O)(c2ccccc2)C[C@@H]1Br. The maximum Gasteiger partial charge on any atom is 0.118 e. The van der Waals surface area contributed by atoms with Gasteiger partial charge in [-0.3, -0.25) is 0 Å². The first-order valence-corrected chi connectivity index (χ1v) is 8.69. The molecule has 0 N–H and O–H groups in total. The van der Waals surface area contributed by atoms with Crippen molar-refractivity contribution in [2.45, 2.75) is 16.1 Å². The third kappa shape index (κ3) is 2.25. The lowest BCUT2D eigenvalue weighted by Crippen LogP contribution is -2.25. The highest BCUT2D eigenvalue weighted by Gasteiger charge is 2.47. The summed E-state index contributed by atoms with van der Waals surface area (Å²) in [5, 5.41) is 1.01. The zero-order valence-electron chi connectivity index (χ0n) is 8.49. The van der Waals surface area contributed by atoms with E-state index in [0.29, 0.717) is 0 Å². The van der Waals surface area contributed by atoms with E-state index in [1.165, 1.54) is 0 Å². The molecule has 0 aliphatic carbocycles. The van der Waals surface area contributed by atoms with Crippen LogP contribution in [0.1, 0.15) is 6.92 Å². The molecule has 1 fully saturated rings. The monoisotopic (exact) mass is 350 g/mol. The Bertz CT molecular complexity index is 402. The van der Waals surface area contributed by atoms with Gasteiger partial charge in [0.05, 0.1) is 0 Å². The second kappa shape index (κ2) is 4.01. The molecule has 0 spiro atoms. The van der Waals surface area contributed by atoms with E-state index in [1.807, 2.05) is 30.3 Å². The number of hydrogen-bond donors (Lipinski definition) is 0. The molecule has 1 aliphatic heterocycles. The van der Waals surface area contributed by atoms with Crippen LogP contribution < -0.4 is 5.30 Å². The molecular weight excluding hydrogens is 339 g/mol. The van der Waals surface area contributed by atoms with Gasteiger partial charge in [-0.05, 0) is 6.92 Å². The van der Waals surface area contributed by atoms with Gasteiger partial charge in [-0.2, -0.15) is 0 Å². The van der Waals surface area contributed by atoms with Crippen LogP contribution in [0.4, 0.5) is 0 Å². The lowest BCUT2D eigenvalue weighted by molar-refractivity contribution is 0.584. The summed E-state index contributed by atoms with van der Waals surface area (Å²) in [6.45, 7) is 2.11. The van der Waals surface area contributed by atoms with E-state index in [9.17, 15) is 4.57 Å². The van der Waals surface area contributed by atoms with E-state index in [2.05, 4.69) is 38.8 Å². The minimum Gasteiger partial charge on any atom is -0.319 e. The molecule has 0 unspecified atom stereocenters. The van der Waals surface area contributed by atoms with Gasteiger partial charge in [0, 0.05) is 26.8 Å². The van der Waals surface area contributed by atoms with Crippen LogP contribution in [0, 0.1) is 0 Å². The van der Waals surface area contributed by atoms with Gasteiger partial charge in [0.2, 0.25) is 0 Å². The normalized spacial score (nSPS) is 40.6. The van der Waals surface area contributed by atoms with Crippen LogP contribution in [0.5, 0.6) is 0 Å². The third-order valence-electron chi connectivity index (χ3n) is 2.90. The Kier molecular flexibility index (Phi) is 3.18. The molecule has 0 radical (unpaired) electrons. The Morgan fingerprint density at radius 2 is 2.00 bits per heavy atom. The quantitative estimate of drug-likeness (QED) is 0.558. The van der Waals surface area contributed by atoms with Crippen molar-refractivity contribution in [2.24, 2.45) is 0 Å². The number of halogens is 2. The maximum atomic E-state index is 12.8. The van der Waals surface area contributed by atoms with Crippen molar-refractivity contribution >= 4 is 44.3 Å². The van der Waals surface area contributed by atoms with Gasteiger partial charge in [0.25, 0.3) is 0 Å². The van der Waals surface area contributed by atoms with Crippen molar-refractivity contribution < 1.29 is 4.57 Å². The number of rotatable bonds is 1. The Morgan fingerprint density at radius 1 is 1.40 bits per heavy atom. The summed E-state index contributed by atoms with van der Waals surface area (Å²) in [6.07, 6.45) is 1.48. The summed E-state index contributed by atoms with van der Waals surface area (Å²) in [6, 6.07) is 9.85. The molecule has 0 aromatic heterocycles. The van der Waals surface area contributed by atoms with Crippen LogP contribution in [-0.4, -0.2) is 21.5 Å². The molecule has 82 valence electrons. The van der Waals surface area contributed by atoms with Gasteiger partial charge in [-0.25, -0.2) is 0 Å². The van der Waals surface area contributed by atoms with Crippen LogP contribution in [-0.2, 0) is 4.57 Å². The van der Waals surface area contributed by atoms with Crippen LogP contribution in [0.2, 0.25) is 0 Å². The standard InChI is InChI=1S/C11H13Br2OP/c1-11(13)8-15(14,7-10(11)12)9-5-3-2-4-6-9/h2-6,10H,7-8H2,1H3/t10-,11+,15+/m0/s1. The van der Waals surface area contributed by atoms with Gasteiger partial charge in [-0.1, -0.05) is 62.2 Å². The largest absolute Gasteiger partial charge is 0.319 e. The van der Waals surface area contributed by atoms with E-state index in [0.717, 1.165) is 17.6 Å². The maximum absolute atomic E-state index is 12.8. The average Bonchev–Trinajstić information content (AvgIpc) is 2.38. The second-order valence-corrected chi connectivity index (χ2v) is 10.2. The highest BCUT2D eigenvalue weighted by atomic mass is 79.9. The fraction of sp³-hybridized carbons (Fsp3) is 0.455. The van der Waals surface area contributed by atoms with Crippen LogP contribution in [0.25, 0.3) is 0 Å². The summed E-state index contributed by atoms with van der Waals surface area (Å²) < 4.78 is 12.7. The Morgan fingerprint density at radius 3 is 2.47 bits per heavy atom. The summed E-state index contributed by atoms with van der Waals surface area (Å²) in [7, 11) is -2.19. The number of hydrogen-bond acceptors (Lipinski definition) is 1. The molecule has 1 saturated heterocycles. The zero-order valence-corrected chi connectivity index (χ0v) is 12.6. The number of alkyl halides is 2. The molecule has 3 atom stereocenters. The molecule has 0 bridgehead atoms. The van der Waals surface area contributed by atoms with E-state index >= 15 is 0 Å². The molecule has 1 nitrogen and oxygen atoms in total. The van der Waals surface area contributed by atoms with Crippen molar-refractivity contribution in [1.82, 2.24) is 0 Å². The highest BCUT2D eigenvalue weighted by molar-refractivity contribution is 9.12. The van der Waals surface area contributed by atoms with Crippen molar-refractivity contribution in [2.75, 3.05) is 12.3 Å². The summed E-state index contributed by atoms with van der Waals surface area (Å²) in [5.74, 6) is 0. The molecule has 1 heterocycles. The molecule has 2 rings (SSSR count). The first kappa shape index (κ1) is 11.9. The smallest absolute Gasteiger partial charge is 0.118 e. The van der Waals surface area contributed by atoms with Crippen LogP contribution in [0.3, 0.4) is 0 Å². The summed E-state index contributed by atoms with van der Waals surface area (Å²) >= 11 is 7.28. The Hall–Kier alpha value is 0.410. The second-order valence-electron chi connectivity index (χ2n) is 4.31. The first-order valence-electron chi connectivity index (χ1n) is 4.91. The Balaban J connectivity index is 2.36. The zero-order chi connectivity index (χ0) is 11.1. The highest BCUT2D eigenvalue weighted by Crippen LogP contribution is 2.59. The predicted octanol–water partition coefficient (Wildman–Crippen LogP) is 3.61. The number of benzene rings is 1. The van der Waals surface area contributed by atoms with E-state index in [4.69, 9.17) is 0 Å². The predicted molar refractivity (Wildman–Crippen MR) is 73.5 cm³/mol. The third-order valence-corrected chi connectivity index (χ3v) is 9.98. The van der Waals surface area contributed by atoms with Crippen molar-refractivity contribution in [3.8, 4) is 0 Å². The molecule has 15 heavy (non-hydrogen) atoms. The topological polar surface area (TPSA) is 17.1 Å². The van der Waals surface area contributed by atoms with Crippen molar-refractivity contribution in [3.63, 3.8) is 0 Å². The molecule has 4 heteroatoms. The molecule has 0 amide bonds. The molecule has 0 saturated carbocycles. The van der Waals surface area contributed by atoms with Gasteiger partial charge >= 0.3 is 0 Å². The summed E-state index contributed by atoms with van der Waals surface area (Å²) in [5.41, 5.74) is 0. The fourth-order valence-corrected chi connectivity index (χ4v) is 8.83. The Labute approximate surface area is 107 Å². The lowest BCUT2D eigenvalue weighted by Gasteiger charge is -2.18. The minimum atomic E-state index is -2.19. The van der Waals surface area contributed by atoms with Crippen molar-refractivity contribution in [3.05, 3.63) is 30.3 Å². The molecule has 1 aliphatic rings. The van der Waals surface area contributed by atoms with E-state index in [-0.39, 0.29) is 9.15 Å². The van der Waals surface area contributed by atoms with Gasteiger partial charge in [0.1, 0.15) is 7.14 Å². The molecular formula is C11H13Br2OP. The van der Waals surface area contributed by atoms with Crippen LogP contribution >= 0.6 is 39.0 Å². The molecule has 1 aromatic carbocycles. The average molecular weight is 352 g/mol. The summed E-state index contributed by atoms with van der Waals surface area (Å²) in [4.78, 5) is 0.288. The van der Waals surface area contributed by atoms with Gasteiger partial charge in [0.15, 0.2) is 0 Å². The van der Waals surface area contributed by atoms with Crippen molar-refractivity contribution in [1.29, 1.82) is 0 Å². The lowest BCUT2D eigenvalue weighted by atomic mass is 10.2. The van der Waals surface area contributed by atoms with Gasteiger partial charge in [-0.15, -0.1) is 0 Å².